The molecule has 1 saturated heterocycles. The molecule has 1 amide bonds. The van der Waals surface area contributed by atoms with Gasteiger partial charge in [0.2, 0.25) is 5.91 Å². The van der Waals surface area contributed by atoms with Crippen molar-refractivity contribution in [3.63, 3.8) is 0 Å². The lowest BCUT2D eigenvalue weighted by Gasteiger charge is -2.16. The minimum Gasteiger partial charge on any atom is -0.373 e. The van der Waals surface area contributed by atoms with Crippen LogP contribution in [0.2, 0.25) is 0 Å². The second-order valence-electron chi connectivity index (χ2n) is 3.76. The number of ether oxygens (including phenoxy) is 1. The molecule has 0 aromatic rings. The normalized spacial score (nSPS) is 28.8. The fourth-order valence-corrected chi connectivity index (χ4v) is 1.83. The Balaban J connectivity index is 2.32. The lowest BCUT2D eigenvalue weighted by molar-refractivity contribution is -0.123. The van der Waals surface area contributed by atoms with Crippen molar-refractivity contribution < 1.29 is 9.53 Å². The van der Waals surface area contributed by atoms with Crippen LogP contribution in [0.25, 0.3) is 0 Å². The van der Waals surface area contributed by atoms with E-state index in [0.717, 1.165) is 19.3 Å². The first-order valence-electron chi connectivity index (χ1n) is 5.22. The maximum absolute atomic E-state index is 11.5. The van der Waals surface area contributed by atoms with E-state index in [1.54, 1.807) is 0 Å². The second-order valence-corrected chi connectivity index (χ2v) is 4.23. The molecule has 4 heteroatoms. The summed E-state index contributed by atoms with van der Waals surface area (Å²) in [6, 6.07) is 0. The Morgan fingerprint density at radius 1 is 1.64 bits per heavy atom. The van der Waals surface area contributed by atoms with Crippen molar-refractivity contribution in [3.8, 4) is 0 Å². The van der Waals surface area contributed by atoms with E-state index < -0.39 is 5.38 Å². The van der Waals surface area contributed by atoms with Crippen LogP contribution in [0.1, 0.15) is 33.1 Å². The first kappa shape index (κ1) is 11.8. The van der Waals surface area contributed by atoms with Crippen LogP contribution in [-0.2, 0) is 9.53 Å². The molecular formula is C10H18ClNO2. The zero-order valence-corrected chi connectivity index (χ0v) is 9.51. The average Bonchev–Trinajstić information content (AvgIpc) is 2.60. The van der Waals surface area contributed by atoms with E-state index in [1.807, 2.05) is 13.8 Å². The molecule has 0 radical (unpaired) electrons. The largest absolute Gasteiger partial charge is 0.373 e. The Labute approximate surface area is 90.1 Å². The third kappa shape index (κ3) is 3.14. The molecule has 3 nitrogen and oxygen atoms in total. The van der Waals surface area contributed by atoms with Crippen LogP contribution in [0.5, 0.6) is 0 Å². The summed E-state index contributed by atoms with van der Waals surface area (Å²) in [5.74, 6) is -0.104. The fraction of sp³-hybridized carbons (Fsp3) is 0.900. The van der Waals surface area contributed by atoms with Crippen molar-refractivity contribution in [2.45, 2.75) is 50.7 Å². The molecule has 82 valence electrons. The van der Waals surface area contributed by atoms with Gasteiger partial charge in [-0.15, -0.1) is 11.6 Å². The van der Waals surface area contributed by atoms with Crippen LogP contribution in [-0.4, -0.2) is 30.0 Å². The van der Waals surface area contributed by atoms with Gasteiger partial charge in [-0.2, -0.15) is 0 Å². The Morgan fingerprint density at radius 2 is 2.36 bits per heavy atom. The predicted molar refractivity (Wildman–Crippen MR) is 56.5 cm³/mol. The maximum atomic E-state index is 11.5. The Hall–Kier alpha value is -0.280. The Bertz CT molecular complexity index is 199. The van der Waals surface area contributed by atoms with Gasteiger partial charge in [0.15, 0.2) is 0 Å². The van der Waals surface area contributed by atoms with Gasteiger partial charge in [0, 0.05) is 6.54 Å². The van der Waals surface area contributed by atoms with E-state index >= 15 is 0 Å². The molecule has 0 aromatic heterocycles. The number of hydrogen-bond donors (Lipinski definition) is 1. The van der Waals surface area contributed by atoms with Crippen molar-refractivity contribution in [2.24, 2.45) is 0 Å². The van der Waals surface area contributed by atoms with E-state index in [1.165, 1.54) is 0 Å². The molecule has 1 fully saturated rings. The van der Waals surface area contributed by atoms with Crippen molar-refractivity contribution in [1.29, 1.82) is 0 Å². The second kappa shape index (κ2) is 5.56. The molecule has 0 bridgehead atoms. The topological polar surface area (TPSA) is 38.3 Å². The van der Waals surface area contributed by atoms with Crippen LogP contribution in [0.3, 0.4) is 0 Å². The van der Waals surface area contributed by atoms with Crippen molar-refractivity contribution in [2.75, 3.05) is 6.54 Å². The van der Waals surface area contributed by atoms with Crippen LogP contribution in [0.15, 0.2) is 0 Å². The molecule has 3 unspecified atom stereocenters. The van der Waals surface area contributed by atoms with Crippen molar-refractivity contribution in [3.05, 3.63) is 0 Å². The quantitative estimate of drug-likeness (QED) is 0.731. The van der Waals surface area contributed by atoms with Gasteiger partial charge in [-0.05, 0) is 26.2 Å². The molecule has 0 aliphatic carbocycles. The van der Waals surface area contributed by atoms with E-state index in [0.29, 0.717) is 6.54 Å². The summed E-state index contributed by atoms with van der Waals surface area (Å²) < 4.78 is 5.53. The minimum atomic E-state index is -0.536. The predicted octanol–water partition coefficient (Wildman–Crippen LogP) is 1.69. The van der Waals surface area contributed by atoms with E-state index in [4.69, 9.17) is 16.3 Å². The van der Waals surface area contributed by atoms with Gasteiger partial charge in [0.25, 0.3) is 0 Å². The standard InChI is InChI=1S/C10H18ClNO2/c1-3-6-12-10(13)9(11)8-5-4-7(2)14-8/h7-9H,3-6H2,1-2H3,(H,12,13). The molecule has 0 spiro atoms. The zero-order valence-electron chi connectivity index (χ0n) is 8.75. The molecule has 1 aliphatic rings. The van der Waals surface area contributed by atoms with E-state index in [9.17, 15) is 4.79 Å². The zero-order chi connectivity index (χ0) is 10.6. The first-order valence-corrected chi connectivity index (χ1v) is 5.66. The number of alkyl halides is 1. The summed E-state index contributed by atoms with van der Waals surface area (Å²) in [5.41, 5.74) is 0. The summed E-state index contributed by atoms with van der Waals surface area (Å²) >= 11 is 6.00. The Morgan fingerprint density at radius 3 is 2.86 bits per heavy atom. The Kier molecular flexibility index (Phi) is 4.69. The number of amides is 1. The van der Waals surface area contributed by atoms with Gasteiger partial charge >= 0.3 is 0 Å². The van der Waals surface area contributed by atoms with Gasteiger partial charge in [-0.25, -0.2) is 0 Å². The first-order chi connectivity index (χ1) is 6.65. The average molecular weight is 220 g/mol. The third-order valence-corrected chi connectivity index (χ3v) is 2.87. The minimum absolute atomic E-state index is 0.104. The molecule has 1 N–H and O–H groups in total. The fourth-order valence-electron chi connectivity index (χ4n) is 1.56. The van der Waals surface area contributed by atoms with Gasteiger partial charge in [-0.1, -0.05) is 6.92 Å². The van der Waals surface area contributed by atoms with Gasteiger partial charge in [-0.3, -0.25) is 4.79 Å². The van der Waals surface area contributed by atoms with Gasteiger partial charge in [0.05, 0.1) is 12.2 Å². The molecule has 3 atom stereocenters. The van der Waals surface area contributed by atoms with E-state index in [2.05, 4.69) is 5.32 Å². The number of rotatable bonds is 4. The highest BCUT2D eigenvalue weighted by Gasteiger charge is 2.32. The number of hydrogen-bond acceptors (Lipinski definition) is 2. The van der Waals surface area contributed by atoms with Crippen molar-refractivity contribution in [1.82, 2.24) is 5.32 Å². The molecule has 1 aliphatic heterocycles. The monoisotopic (exact) mass is 219 g/mol. The van der Waals surface area contributed by atoms with Crippen LogP contribution < -0.4 is 5.32 Å². The summed E-state index contributed by atoms with van der Waals surface area (Å²) in [7, 11) is 0. The summed E-state index contributed by atoms with van der Waals surface area (Å²) in [4.78, 5) is 11.5. The summed E-state index contributed by atoms with van der Waals surface area (Å²) in [5, 5.41) is 2.24. The molecule has 14 heavy (non-hydrogen) atoms. The van der Waals surface area contributed by atoms with Gasteiger partial charge < -0.3 is 10.1 Å². The van der Waals surface area contributed by atoms with Crippen LogP contribution in [0, 0.1) is 0 Å². The molecule has 1 heterocycles. The molecule has 0 aromatic carbocycles. The van der Waals surface area contributed by atoms with Gasteiger partial charge in [0.1, 0.15) is 5.38 Å². The summed E-state index contributed by atoms with van der Waals surface area (Å²) in [6.45, 7) is 4.70. The number of nitrogens with one attached hydrogen (secondary N) is 1. The molecular weight excluding hydrogens is 202 g/mol. The molecule has 0 saturated carbocycles. The lowest BCUT2D eigenvalue weighted by Crippen LogP contribution is -2.39. The summed E-state index contributed by atoms with van der Waals surface area (Å²) in [6.07, 6.45) is 2.94. The maximum Gasteiger partial charge on any atom is 0.240 e. The highest BCUT2D eigenvalue weighted by Crippen LogP contribution is 2.24. The number of carbonyl (C=O) groups is 1. The SMILES string of the molecule is CCCNC(=O)C(Cl)C1CCC(C)O1. The lowest BCUT2D eigenvalue weighted by atomic mass is 10.1. The van der Waals surface area contributed by atoms with Crippen molar-refractivity contribution >= 4 is 17.5 Å². The number of carbonyl (C=O) groups excluding carboxylic acids is 1. The highest BCUT2D eigenvalue weighted by molar-refractivity contribution is 6.31. The number of halogens is 1. The van der Waals surface area contributed by atoms with Crippen LogP contribution >= 0.6 is 11.6 Å². The highest BCUT2D eigenvalue weighted by atomic mass is 35.5. The van der Waals surface area contributed by atoms with E-state index in [-0.39, 0.29) is 18.1 Å². The van der Waals surface area contributed by atoms with Crippen LogP contribution in [0.4, 0.5) is 0 Å². The third-order valence-electron chi connectivity index (χ3n) is 2.39. The molecule has 1 rings (SSSR count). The smallest absolute Gasteiger partial charge is 0.240 e.